The van der Waals surface area contributed by atoms with Crippen LogP contribution in [0, 0.1) is 5.41 Å². The highest BCUT2D eigenvalue weighted by Gasteiger charge is 2.41. The Kier molecular flexibility index (Phi) is 5.60. The maximum Gasteiger partial charge on any atom is 0.234 e. The number of hydrogen-bond acceptors (Lipinski definition) is 4. The Labute approximate surface area is 114 Å². The number of carbonyl (C=O) groups excluding carboxylic acids is 1. The second kappa shape index (κ2) is 6.75. The highest BCUT2D eigenvalue weighted by Crippen LogP contribution is 2.29. The summed E-state index contributed by atoms with van der Waals surface area (Å²) in [6, 6.07) is 0.112. The van der Waals surface area contributed by atoms with Crippen molar-refractivity contribution in [3.8, 4) is 0 Å². The number of methoxy groups -OCH3 is 1. The van der Waals surface area contributed by atoms with Gasteiger partial charge in [-0.15, -0.1) is 0 Å². The second-order valence-electron chi connectivity index (χ2n) is 5.12. The van der Waals surface area contributed by atoms with E-state index < -0.39 is 5.41 Å². The predicted octanol–water partition coefficient (Wildman–Crippen LogP) is 1.22. The van der Waals surface area contributed by atoms with Gasteiger partial charge in [0, 0.05) is 13.2 Å². The number of nitrogens with one attached hydrogen (secondary N) is 1. The van der Waals surface area contributed by atoms with Crippen molar-refractivity contribution >= 4 is 11.7 Å². The van der Waals surface area contributed by atoms with Gasteiger partial charge in [0.25, 0.3) is 0 Å². The van der Waals surface area contributed by atoms with E-state index in [0.717, 1.165) is 19.3 Å². The van der Waals surface area contributed by atoms with E-state index in [9.17, 15) is 4.79 Å². The lowest BCUT2D eigenvalue weighted by Crippen LogP contribution is -2.51. The van der Waals surface area contributed by atoms with Crippen molar-refractivity contribution in [2.75, 3.05) is 7.11 Å². The molecule has 0 radical (unpaired) electrons. The Morgan fingerprint density at radius 3 is 2.53 bits per heavy atom. The van der Waals surface area contributed by atoms with Gasteiger partial charge in [0.2, 0.25) is 5.91 Å². The maximum absolute atomic E-state index is 12.5. The molecule has 4 N–H and O–H groups in total. The molecule has 19 heavy (non-hydrogen) atoms. The van der Waals surface area contributed by atoms with Crippen molar-refractivity contribution < 1.29 is 14.7 Å². The molecule has 1 saturated carbocycles. The first-order valence-electron chi connectivity index (χ1n) is 6.85. The first kappa shape index (κ1) is 15.8. The SMILES string of the molecule is CCC(CC)(C(=O)NC1CCC(OC)C1)C(N)=NO. The zero-order chi connectivity index (χ0) is 14.5. The topological polar surface area (TPSA) is 96.9 Å². The molecule has 0 saturated heterocycles. The molecule has 0 aromatic carbocycles. The van der Waals surface area contributed by atoms with E-state index in [1.807, 2.05) is 13.8 Å². The molecule has 110 valence electrons. The summed E-state index contributed by atoms with van der Waals surface area (Å²) in [6.07, 6.45) is 3.91. The smallest absolute Gasteiger partial charge is 0.234 e. The van der Waals surface area contributed by atoms with Crippen molar-refractivity contribution in [3.63, 3.8) is 0 Å². The highest BCUT2D eigenvalue weighted by atomic mass is 16.5. The first-order valence-corrected chi connectivity index (χ1v) is 6.85. The third kappa shape index (κ3) is 3.18. The Morgan fingerprint density at radius 2 is 2.11 bits per heavy atom. The number of amides is 1. The van der Waals surface area contributed by atoms with E-state index >= 15 is 0 Å². The zero-order valence-electron chi connectivity index (χ0n) is 12.0. The van der Waals surface area contributed by atoms with Gasteiger partial charge in [-0.3, -0.25) is 4.79 Å². The minimum absolute atomic E-state index is 0.0173. The number of hydrogen-bond donors (Lipinski definition) is 3. The second-order valence-corrected chi connectivity index (χ2v) is 5.12. The fourth-order valence-corrected chi connectivity index (χ4v) is 2.75. The van der Waals surface area contributed by atoms with Crippen molar-refractivity contribution in [1.29, 1.82) is 0 Å². The lowest BCUT2D eigenvalue weighted by Gasteiger charge is -2.30. The van der Waals surface area contributed by atoms with Gasteiger partial charge in [0.15, 0.2) is 5.84 Å². The Morgan fingerprint density at radius 1 is 1.47 bits per heavy atom. The summed E-state index contributed by atoms with van der Waals surface area (Å²) >= 11 is 0. The third-order valence-electron chi connectivity index (χ3n) is 4.29. The van der Waals surface area contributed by atoms with Crippen LogP contribution in [0.25, 0.3) is 0 Å². The zero-order valence-corrected chi connectivity index (χ0v) is 12.0. The fourth-order valence-electron chi connectivity index (χ4n) is 2.75. The van der Waals surface area contributed by atoms with E-state index in [2.05, 4.69) is 10.5 Å². The van der Waals surface area contributed by atoms with Crippen LogP contribution in [0.15, 0.2) is 5.16 Å². The molecule has 6 heteroatoms. The summed E-state index contributed by atoms with van der Waals surface area (Å²) in [6.45, 7) is 3.74. The van der Waals surface area contributed by atoms with Gasteiger partial charge in [-0.25, -0.2) is 0 Å². The van der Waals surface area contributed by atoms with Crippen LogP contribution in [0.3, 0.4) is 0 Å². The summed E-state index contributed by atoms with van der Waals surface area (Å²) in [5.41, 5.74) is 4.80. The average molecular weight is 271 g/mol. The van der Waals surface area contributed by atoms with Gasteiger partial charge in [0.1, 0.15) is 5.41 Å². The molecule has 0 spiro atoms. The maximum atomic E-state index is 12.5. The van der Waals surface area contributed by atoms with Crippen LogP contribution in [0.5, 0.6) is 0 Å². The fraction of sp³-hybridized carbons (Fsp3) is 0.846. The predicted molar refractivity (Wildman–Crippen MR) is 73.0 cm³/mol. The minimum atomic E-state index is -0.917. The summed E-state index contributed by atoms with van der Waals surface area (Å²) in [5, 5.41) is 14.9. The van der Waals surface area contributed by atoms with Crippen LogP contribution in [0.1, 0.15) is 46.0 Å². The minimum Gasteiger partial charge on any atom is -0.409 e. The molecular weight excluding hydrogens is 246 g/mol. The number of oxime groups is 1. The van der Waals surface area contributed by atoms with Crippen molar-refractivity contribution in [2.24, 2.45) is 16.3 Å². The lowest BCUT2D eigenvalue weighted by atomic mass is 9.80. The molecule has 0 aromatic rings. The van der Waals surface area contributed by atoms with Crippen LogP contribution >= 0.6 is 0 Å². The quantitative estimate of drug-likeness (QED) is 0.293. The number of nitrogens with zero attached hydrogens (tertiary/aromatic N) is 1. The van der Waals surface area contributed by atoms with Crippen molar-refractivity contribution in [2.45, 2.75) is 58.1 Å². The summed E-state index contributed by atoms with van der Waals surface area (Å²) in [5.74, 6) is -0.175. The molecule has 1 fully saturated rings. The van der Waals surface area contributed by atoms with E-state index in [4.69, 9.17) is 15.7 Å². The van der Waals surface area contributed by atoms with Crippen LogP contribution in [0.2, 0.25) is 0 Å². The number of carbonyl (C=O) groups is 1. The van der Waals surface area contributed by atoms with Gasteiger partial charge in [-0.2, -0.15) is 0 Å². The van der Waals surface area contributed by atoms with Crippen LogP contribution in [-0.4, -0.2) is 36.2 Å². The summed E-state index contributed by atoms with van der Waals surface area (Å²) < 4.78 is 5.29. The molecule has 1 aliphatic rings. The van der Waals surface area contributed by atoms with Gasteiger partial charge in [-0.05, 0) is 32.1 Å². The molecule has 0 heterocycles. The highest BCUT2D eigenvalue weighted by molar-refractivity contribution is 6.06. The standard InChI is InChI=1S/C13H25N3O3/c1-4-13(5-2,11(14)16-18)12(17)15-9-6-7-10(8-9)19-3/h9-10,18H,4-8H2,1-3H3,(H2,14,16)(H,15,17). The normalized spacial score (nSPS) is 24.5. The van der Waals surface area contributed by atoms with E-state index in [0.29, 0.717) is 12.8 Å². The molecule has 0 aromatic heterocycles. The van der Waals surface area contributed by atoms with E-state index in [1.165, 1.54) is 0 Å². The largest absolute Gasteiger partial charge is 0.409 e. The van der Waals surface area contributed by atoms with Gasteiger partial charge in [0.05, 0.1) is 6.10 Å². The number of ether oxygens (including phenoxy) is 1. The number of nitrogens with two attached hydrogens (primary N) is 1. The lowest BCUT2D eigenvalue weighted by molar-refractivity contribution is -0.128. The molecule has 2 atom stereocenters. The molecule has 2 unspecified atom stereocenters. The van der Waals surface area contributed by atoms with Crippen LogP contribution in [-0.2, 0) is 9.53 Å². The Bertz CT molecular complexity index is 340. The molecule has 0 aliphatic heterocycles. The molecule has 1 rings (SSSR count). The third-order valence-corrected chi connectivity index (χ3v) is 4.29. The van der Waals surface area contributed by atoms with Crippen LogP contribution in [0.4, 0.5) is 0 Å². The Hall–Kier alpha value is -1.30. The van der Waals surface area contributed by atoms with Gasteiger partial charge < -0.3 is 21.0 Å². The molecule has 0 bridgehead atoms. The van der Waals surface area contributed by atoms with E-state index in [1.54, 1.807) is 7.11 Å². The Balaban J connectivity index is 2.74. The van der Waals surface area contributed by atoms with Crippen molar-refractivity contribution in [1.82, 2.24) is 5.32 Å². The van der Waals surface area contributed by atoms with Gasteiger partial charge in [-0.1, -0.05) is 19.0 Å². The molecule has 1 aliphatic carbocycles. The summed E-state index contributed by atoms with van der Waals surface area (Å²) in [4.78, 5) is 12.5. The van der Waals surface area contributed by atoms with Crippen LogP contribution < -0.4 is 11.1 Å². The molecule has 1 amide bonds. The van der Waals surface area contributed by atoms with Gasteiger partial charge >= 0.3 is 0 Å². The molecular formula is C13H25N3O3. The monoisotopic (exact) mass is 271 g/mol. The van der Waals surface area contributed by atoms with E-state index in [-0.39, 0.29) is 23.9 Å². The molecule has 6 nitrogen and oxygen atoms in total. The average Bonchev–Trinajstić information content (AvgIpc) is 2.88. The van der Waals surface area contributed by atoms with Crippen molar-refractivity contribution in [3.05, 3.63) is 0 Å². The number of rotatable bonds is 6. The number of amidine groups is 1. The first-order chi connectivity index (χ1) is 9.03. The summed E-state index contributed by atoms with van der Waals surface area (Å²) in [7, 11) is 1.69.